The SMILES string of the molecule is C[C@H](NC(=O)CN1CC=C(c2ccccc2)CC1)c1cccs1. The van der Waals surface area contributed by atoms with Gasteiger partial charge in [0, 0.05) is 18.0 Å². The first kappa shape index (κ1) is 16.0. The Bertz CT molecular complexity index is 664. The molecule has 4 heteroatoms. The zero-order valence-corrected chi connectivity index (χ0v) is 14.2. The molecule has 0 radical (unpaired) electrons. The van der Waals surface area contributed by atoms with E-state index in [0.717, 1.165) is 19.5 Å². The first-order valence-electron chi connectivity index (χ1n) is 8.02. The van der Waals surface area contributed by atoms with Crippen molar-refractivity contribution in [1.29, 1.82) is 0 Å². The summed E-state index contributed by atoms with van der Waals surface area (Å²) in [5.41, 5.74) is 2.68. The van der Waals surface area contributed by atoms with Crippen molar-refractivity contribution in [2.75, 3.05) is 19.6 Å². The van der Waals surface area contributed by atoms with Gasteiger partial charge in [0.05, 0.1) is 12.6 Å². The summed E-state index contributed by atoms with van der Waals surface area (Å²) in [6.45, 7) is 4.27. The van der Waals surface area contributed by atoms with Crippen LogP contribution in [0.4, 0.5) is 0 Å². The van der Waals surface area contributed by atoms with E-state index in [-0.39, 0.29) is 11.9 Å². The second-order valence-corrected chi connectivity index (χ2v) is 6.86. The van der Waals surface area contributed by atoms with Gasteiger partial charge in [-0.2, -0.15) is 0 Å². The van der Waals surface area contributed by atoms with Crippen LogP contribution in [0.2, 0.25) is 0 Å². The number of benzene rings is 1. The third kappa shape index (κ3) is 4.30. The predicted octanol–water partition coefficient (Wildman–Crippen LogP) is 3.71. The fourth-order valence-electron chi connectivity index (χ4n) is 2.87. The van der Waals surface area contributed by atoms with Gasteiger partial charge >= 0.3 is 0 Å². The molecule has 0 fully saturated rings. The normalized spacial score (nSPS) is 16.7. The van der Waals surface area contributed by atoms with Crippen LogP contribution in [-0.4, -0.2) is 30.4 Å². The van der Waals surface area contributed by atoms with Gasteiger partial charge in [0.15, 0.2) is 0 Å². The summed E-state index contributed by atoms with van der Waals surface area (Å²) in [6.07, 6.45) is 3.24. The van der Waals surface area contributed by atoms with Gasteiger partial charge in [0.1, 0.15) is 0 Å². The van der Waals surface area contributed by atoms with Crippen LogP contribution in [0, 0.1) is 0 Å². The average molecular weight is 326 g/mol. The van der Waals surface area contributed by atoms with Crippen LogP contribution >= 0.6 is 11.3 Å². The lowest BCUT2D eigenvalue weighted by atomic mass is 10.00. The fourth-order valence-corrected chi connectivity index (χ4v) is 3.60. The Hall–Kier alpha value is -1.91. The van der Waals surface area contributed by atoms with E-state index in [4.69, 9.17) is 0 Å². The lowest BCUT2D eigenvalue weighted by molar-refractivity contribution is -0.122. The maximum absolute atomic E-state index is 12.2. The summed E-state index contributed by atoms with van der Waals surface area (Å²) in [5.74, 6) is 0.0995. The Labute approximate surface area is 141 Å². The van der Waals surface area contributed by atoms with Gasteiger partial charge in [0.25, 0.3) is 0 Å². The van der Waals surface area contributed by atoms with Gasteiger partial charge in [-0.25, -0.2) is 0 Å². The molecule has 2 heterocycles. The molecule has 1 atom stereocenters. The minimum absolute atomic E-state index is 0.0858. The Morgan fingerprint density at radius 2 is 2.09 bits per heavy atom. The largest absolute Gasteiger partial charge is 0.348 e. The summed E-state index contributed by atoms with van der Waals surface area (Å²) in [5, 5.41) is 5.12. The summed E-state index contributed by atoms with van der Waals surface area (Å²) in [7, 11) is 0. The molecule has 1 amide bonds. The smallest absolute Gasteiger partial charge is 0.234 e. The van der Waals surface area contributed by atoms with E-state index in [1.165, 1.54) is 16.0 Å². The monoisotopic (exact) mass is 326 g/mol. The third-order valence-electron chi connectivity index (χ3n) is 4.15. The van der Waals surface area contributed by atoms with Crippen LogP contribution < -0.4 is 5.32 Å². The Morgan fingerprint density at radius 3 is 2.74 bits per heavy atom. The molecule has 0 aliphatic carbocycles. The van der Waals surface area contributed by atoms with E-state index >= 15 is 0 Å². The average Bonchev–Trinajstić information content (AvgIpc) is 3.11. The third-order valence-corrected chi connectivity index (χ3v) is 5.21. The van der Waals surface area contributed by atoms with Crippen molar-refractivity contribution in [2.24, 2.45) is 0 Å². The second kappa shape index (κ2) is 7.57. The van der Waals surface area contributed by atoms with Crippen molar-refractivity contribution < 1.29 is 4.79 Å². The van der Waals surface area contributed by atoms with Crippen molar-refractivity contribution in [2.45, 2.75) is 19.4 Å². The Morgan fingerprint density at radius 1 is 1.26 bits per heavy atom. The fraction of sp³-hybridized carbons (Fsp3) is 0.316. The maximum Gasteiger partial charge on any atom is 0.234 e. The van der Waals surface area contributed by atoms with Crippen molar-refractivity contribution in [1.82, 2.24) is 10.2 Å². The minimum atomic E-state index is 0.0858. The van der Waals surface area contributed by atoms with Crippen LogP contribution in [0.15, 0.2) is 53.9 Å². The highest BCUT2D eigenvalue weighted by molar-refractivity contribution is 7.10. The highest BCUT2D eigenvalue weighted by Crippen LogP contribution is 2.22. The second-order valence-electron chi connectivity index (χ2n) is 5.89. The van der Waals surface area contributed by atoms with Gasteiger partial charge in [-0.1, -0.05) is 42.5 Å². The number of carbonyl (C=O) groups is 1. The molecule has 1 aromatic heterocycles. The topological polar surface area (TPSA) is 32.3 Å². The summed E-state index contributed by atoms with van der Waals surface area (Å²) in [4.78, 5) is 15.6. The van der Waals surface area contributed by atoms with Crippen LogP contribution in [0.3, 0.4) is 0 Å². The van der Waals surface area contributed by atoms with E-state index < -0.39 is 0 Å². The standard InChI is InChI=1S/C19H22N2OS/c1-15(18-8-5-13-23-18)20-19(22)14-21-11-9-17(10-12-21)16-6-3-2-4-7-16/h2-9,13,15H,10-12,14H2,1H3,(H,20,22)/t15-/m0/s1. The molecule has 1 aromatic carbocycles. The van der Waals surface area contributed by atoms with E-state index in [9.17, 15) is 4.79 Å². The quantitative estimate of drug-likeness (QED) is 0.908. The highest BCUT2D eigenvalue weighted by atomic mass is 32.1. The Balaban J connectivity index is 1.50. The molecular weight excluding hydrogens is 304 g/mol. The summed E-state index contributed by atoms with van der Waals surface area (Å²) >= 11 is 1.68. The summed E-state index contributed by atoms with van der Waals surface area (Å²) < 4.78 is 0. The van der Waals surface area contributed by atoms with Gasteiger partial charge < -0.3 is 5.32 Å². The van der Waals surface area contributed by atoms with Crippen LogP contribution in [-0.2, 0) is 4.79 Å². The van der Waals surface area contributed by atoms with Gasteiger partial charge in [-0.05, 0) is 35.9 Å². The molecule has 0 unspecified atom stereocenters. The first-order valence-corrected chi connectivity index (χ1v) is 8.90. The first-order chi connectivity index (χ1) is 11.2. The molecule has 0 spiro atoms. The van der Waals surface area contributed by atoms with Crippen molar-refractivity contribution >= 4 is 22.8 Å². The Kier molecular flexibility index (Phi) is 5.26. The molecule has 3 rings (SSSR count). The molecule has 2 aromatic rings. The molecule has 1 aliphatic heterocycles. The summed E-state index contributed by atoms with van der Waals surface area (Å²) in [6, 6.07) is 14.6. The van der Waals surface area contributed by atoms with Crippen LogP contribution in [0.1, 0.15) is 29.8 Å². The molecule has 1 N–H and O–H groups in total. The molecule has 120 valence electrons. The van der Waals surface area contributed by atoms with Gasteiger partial charge in [-0.15, -0.1) is 11.3 Å². The van der Waals surface area contributed by atoms with Gasteiger partial charge in [-0.3, -0.25) is 9.69 Å². The number of nitrogens with one attached hydrogen (secondary N) is 1. The van der Waals surface area contributed by atoms with Crippen LogP contribution in [0.25, 0.3) is 5.57 Å². The highest BCUT2D eigenvalue weighted by Gasteiger charge is 2.17. The molecule has 1 aliphatic rings. The van der Waals surface area contributed by atoms with Crippen molar-refractivity contribution in [3.8, 4) is 0 Å². The molecule has 0 bridgehead atoms. The number of hydrogen-bond acceptors (Lipinski definition) is 3. The number of amides is 1. The maximum atomic E-state index is 12.2. The van der Waals surface area contributed by atoms with Crippen molar-refractivity contribution in [3.05, 3.63) is 64.4 Å². The molecule has 0 saturated carbocycles. The lowest BCUT2D eigenvalue weighted by Gasteiger charge is -2.26. The van der Waals surface area contributed by atoms with E-state index in [2.05, 4.69) is 46.6 Å². The van der Waals surface area contributed by atoms with E-state index in [1.807, 2.05) is 24.4 Å². The lowest BCUT2D eigenvalue weighted by Crippen LogP contribution is -2.39. The van der Waals surface area contributed by atoms with Gasteiger partial charge in [0.2, 0.25) is 5.91 Å². The van der Waals surface area contributed by atoms with E-state index in [1.54, 1.807) is 11.3 Å². The van der Waals surface area contributed by atoms with E-state index in [0.29, 0.717) is 6.54 Å². The number of hydrogen-bond donors (Lipinski definition) is 1. The number of thiophene rings is 1. The number of rotatable bonds is 5. The number of carbonyl (C=O) groups excluding carboxylic acids is 1. The molecule has 3 nitrogen and oxygen atoms in total. The zero-order valence-electron chi connectivity index (χ0n) is 13.4. The molecular formula is C19H22N2OS. The zero-order chi connectivity index (χ0) is 16.1. The molecule has 0 saturated heterocycles. The molecule has 23 heavy (non-hydrogen) atoms. The van der Waals surface area contributed by atoms with Crippen molar-refractivity contribution in [3.63, 3.8) is 0 Å². The predicted molar refractivity (Wildman–Crippen MR) is 96.4 cm³/mol. The van der Waals surface area contributed by atoms with Crippen LogP contribution in [0.5, 0.6) is 0 Å². The minimum Gasteiger partial charge on any atom is -0.348 e. The number of nitrogens with zero attached hydrogens (tertiary/aromatic N) is 1.